The Balaban J connectivity index is 2.82. The van der Waals surface area contributed by atoms with Crippen LogP contribution in [0.5, 0.6) is 0 Å². The molecule has 0 aliphatic heterocycles. The van der Waals surface area contributed by atoms with Gasteiger partial charge in [0.2, 0.25) is 0 Å². The van der Waals surface area contributed by atoms with E-state index in [4.69, 9.17) is 0 Å². The molecule has 0 heterocycles. The van der Waals surface area contributed by atoms with Gasteiger partial charge in [0.05, 0.1) is 5.56 Å². The zero-order valence-corrected chi connectivity index (χ0v) is 12.3. The number of hydrogen-bond donors (Lipinski definition) is 0. The molecule has 1 aromatic rings. The molecule has 3 heteroatoms. The minimum atomic E-state index is -1.02. The van der Waals surface area contributed by atoms with E-state index in [1.807, 2.05) is 6.92 Å². The SMILES string of the molecule is Cc1ccc(C(=O)CC(C)CC(C)(C)C)c(F)c1F. The molecule has 1 aromatic carbocycles. The average molecular weight is 268 g/mol. The van der Waals surface area contributed by atoms with Crippen molar-refractivity contribution >= 4 is 5.78 Å². The van der Waals surface area contributed by atoms with Crippen molar-refractivity contribution in [2.75, 3.05) is 0 Å². The van der Waals surface area contributed by atoms with Crippen LogP contribution in [0.1, 0.15) is 56.5 Å². The van der Waals surface area contributed by atoms with E-state index in [0.29, 0.717) is 0 Å². The quantitative estimate of drug-likeness (QED) is 0.708. The van der Waals surface area contributed by atoms with E-state index in [-0.39, 0.29) is 34.7 Å². The summed E-state index contributed by atoms with van der Waals surface area (Å²) in [6.07, 6.45) is 1.12. The topological polar surface area (TPSA) is 17.1 Å². The lowest BCUT2D eigenvalue weighted by molar-refractivity contribution is 0.0949. The standard InChI is InChI=1S/C16H22F2O/c1-10(9-16(3,4)5)8-13(19)12-7-6-11(2)14(17)15(12)18/h6-7,10H,8-9H2,1-5H3. The van der Waals surface area contributed by atoms with Crippen molar-refractivity contribution in [3.8, 4) is 0 Å². The lowest BCUT2D eigenvalue weighted by Crippen LogP contribution is -2.15. The van der Waals surface area contributed by atoms with Crippen LogP contribution in [0.4, 0.5) is 8.78 Å². The first-order valence-corrected chi connectivity index (χ1v) is 6.59. The summed E-state index contributed by atoms with van der Waals surface area (Å²) < 4.78 is 27.1. The van der Waals surface area contributed by atoms with Gasteiger partial charge in [-0.1, -0.05) is 33.8 Å². The molecule has 0 aliphatic rings. The zero-order valence-electron chi connectivity index (χ0n) is 12.3. The summed E-state index contributed by atoms with van der Waals surface area (Å²) in [4.78, 5) is 12.0. The molecule has 1 unspecified atom stereocenters. The molecule has 0 saturated heterocycles. The third kappa shape index (κ3) is 4.41. The number of ketones is 1. The van der Waals surface area contributed by atoms with Gasteiger partial charge >= 0.3 is 0 Å². The van der Waals surface area contributed by atoms with Crippen molar-refractivity contribution in [2.45, 2.75) is 47.5 Å². The molecule has 0 N–H and O–H groups in total. The normalized spacial score (nSPS) is 13.4. The Morgan fingerprint density at radius 3 is 2.32 bits per heavy atom. The highest BCUT2D eigenvalue weighted by atomic mass is 19.2. The van der Waals surface area contributed by atoms with Crippen LogP contribution in [0.3, 0.4) is 0 Å². The third-order valence-corrected chi connectivity index (χ3v) is 3.07. The van der Waals surface area contributed by atoms with Gasteiger partial charge in [-0.05, 0) is 36.3 Å². The van der Waals surface area contributed by atoms with Crippen LogP contribution in [0, 0.1) is 29.9 Å². The molecule has 106 valence electrons. The van der Waals surface area contributed by atoms with Crippen molar-refractivity contribution in [1.29, 1.82) is 0 Å². The fourth-order valence-electron chi connectivity index (χ4n) is 2.41. The number of rotatable bonds is 4. The van der Waals surface area contributed by atoms with Gasteiger partial charge in [0.15, 0.2) is 17.4 Å². The molecule has 0 bridgehead atoms. The zero-order chi connectivity index (χ0) is 14.8. The molecule has 19 heavy (non-hydrogen) atoms. The largest absolute Gasteiger partial charge is 0.294 e. The van der Waals surface area contributed by atoms with Crippen LogP contribution < -0.4 is 0 Å². The van der Waals surface area contributed by atoms with Gasteiger partial charge < -0.3 is 0 Å². The predicted octanol–water partition coefficient (Wildman–Crippen LogP) is 4.92. The average Bonchev–Trinajstić information content (AvgIpc) is 2.23. The van der Waals surface area contributed by atoms with Crippen molar-refractivity contribution in [1.82, 2.24) is 0 Å². The minimum Gasteiger partial charge on any atom is -0.294 e. The highest BCUT2D eigenvalue weighted by Crippen LogP contribution is 2.27. The first kappa shape index (κ1) is 15.8. The minimum absolute atomic E-state index is 0.122. The first-order chi connectivity index (χ1) is 8.61. The second kappa shape index (κ2) is 5.81. The lowest BCUT2D eigenvalue weighted by atomic mass is 9.83. The van der Waals surface area contributed by atoms with Crippen LogP contribution in [-0.2, 0) is 0 Å². The van der Waals surface area contributed by atoms with Gasteiger partial charge in [-0.25, -0.2) is 8.78 Å². The Bertz CT molecular complexity index is 472. The van der Waals surface area contributed by atoms with Gasteiger partial charge in [0, 0.05) is 6.42 Å². The molecule has 0 fully saturated rings. The maximum Gasteiger partial charge on any atom is 0.169 e. The van der Waals surface area contributed by atoms with Crippen molar-refractivity contribution in [2.24, 2.45) is 11.3 Å². The molecule has 0 spiro atoms. The molecular weight excluding hydrogens is 246 g/mol. The van der Waals surface area contributed by atoms with Crippen LogP contribution in [0.15, 0.2) is 12.1 Å². The van der Waals surface area contributed by atoms with E-state index in [1.165, 1.54) is 19.1 Å². The van der Waals surface area contributed by atoms with E-state index < -0.39 is 11.6 Å². The maximum atomic E-state index is 13.7. The lowest BCUT2D eigenvalue weighted by Gasteiger charge is -2.22. The van der Waals surface area contributed by atoms with Gasteiger partial charge in [-0.15, -0.1) is 0 Å². The van der Waals surface area contributed by atoms with E-state index in [0.717, 1.165) is 6.42 Å². The molecule has 1 atom stereocenters. The van der Waals surface area contributed by atoms with E-state index in [9.17, 15) is 13.6 Å². The number of carbonyl (C=O) groups excluding carboxylic acids is 1. The fraction of sp³-hybridized carbons (Fsp3) is 0.562. The van der Waals surface area contributed by atoms with Crippen LogP contribution in [0.2, 0.25) is 0 Å². The van der Waals surface area contributed by atoms with Crippen LogP contribution in [0.25, 0.3) is 0 Å². The molecule has 1 nitrogen and oxygen atoms in total. The van der Waals surface area contributed by atoms with Gasteiger partial charge in [-0.2, -0.15) is 0 Å². The molecule has 1 rings (SSSR count). The number of benzene rings is 1. The molecule has 0 radical (unpaired) electrons. The van der Waals surface area contributed by atoms with Crippen molar-refractivity contribution < 1.29 is 13.6 Å². The molecular formula is C16H22F2O. The number of aryl methyl sites for hydroxylation is 1. The molecule has 0 aromatic heterocycles. The Morgan fingerprint density at radius 1 is 1.21 bits per heavy atom. The van der Waals surface area contributed by atoms with E-state index in [1.54, 1.807) is 0 Å². The number of Topliss-reactive ketones (excluding diaryl/α,β-unsaturated/α-hetero) is 1. The maximum absolute atomic E-state index is 13.7. The second-order valence-corrected chi connectivity index (χ2v) is 6.56. The van der Waals surface area contributed by atoms with Crippen molar-refractivity contribution in [3.05, 3.63) is 34.9 Å². The Hall–Kier alpha value is -1.25. The molecule has 0 aliphatic carbocycles. The Labute approximate surface area is 114 Å². The van der Waals surface area contributed by atoms with Gasteiger partial charge in [0.1, 0.15) is 0 Å². The number of hydrogen-bond acceptors (Lipinski definition) is 1. The smallest absolute Gasteiger partial charge is 0.169 e. The first-order valence-electron chi connectivity index (χ1n) is 6.59. The van der Waals surface area contributed by atoms with E-state index >= 15 is 0 Å². The highest BCUT2D eigenvalue weighted by Gasteiger charge is 2.21. The number of halogens is 2. The van der Waals surface area contributed by atoms with Crippen LogP contribution >= 0.6 is 0 Å². The summed E-state index contributed by atoms with van der Waals surface area (Å²) in [5.74, 6) is -2.12. The Kier molecular flexibility index (Phi) is 4.83. The fourth-order valence-corrected chi connectivity index (χ4v) is 2.41. The summed E-state index contributed by atoms with van der Waals surface area (Å²) in [6, 6.07) is 2.82. The monoisotopic (exact) mass is 268 g/mol. The summed E-state index contributed by atoms with van der Waals surface area (Å²) in [6.45, 7) is 9.74. The molecule has 0 saturated carbocycles. The summed E-state index contributed by atoms with van der Waals surface area (Å²) in [7, 11) is 0. The van der Waals surface area contributed by atoms with E-state index in [2.05, 4.69) is 20.8 Å². The van der Waals surface area contributed by atoms with Crippen molar-refractivity contribution in [3.63, 3.8) is 0 Å². The predicted molar refractivity (Wildman–Crippen MR) is 73.3 cm³/mol. The summed E-state index contributed by atoms with van der Waals surface area (Å²) in [5.41, 5.74) is 0.206. The summed E-state index contributed by atoms with van der Waals surface area (Å²) >= 11 is 0. The highest BCUT2D eigenvalue weighted by molar-refractivity contribution is 5.96. The number of carbonyl (C=O) groups is 1. The Morgan fingerprint density at radius 2 is 1.79 bits per heavy atom. The van der Waals surface area contributed by atoms with Gasteiger partial charge in [-0.3, -0.25) is 4.79 Å². The summed E-state index contributed by atoms with van der Waals surface area (Å²) in [5, 5.41) is 0. The van der Waals surface area contributed by atoms with Crippen LogP contribution in [-0.4, -0.2) is 5.78 Å². The van der Waals surface area contributed by atoms with Gasteiger partial charge in [0.25, 0.3) is 0 Å². The second-order valence-electron chi connectivity index (χ2n) is 6.56. The third-order valence-electron chi connectivity index (χ3n) is 3.07. The molecule has 0 amide bonds.